The van der Waals surface area contributed by atoms with E-state index in [-0.39, 0.29) is 66.0 Å². The van der Waals surface area contributed by atoms with Gasteiger partial charge in [-0.2, -0.15) is 0 Å². The van der Waals surface area contributed by atoms with Gasteiger partial charge in [0.15, 0.2) is 11.5 Å². The SMILES string of the molecule is CC(C)C(C)C(=O)Oc1ccc(C[C@H](N)C(=O)OC[C@H](C)OC(=O)C(C)C(C)C)cc1OC(=O)C(C)C(C)C. The predicted molar refractivity (Wildman–Crippen MR) is 148 cm³/mol. The van der Waals surface area contributed by atoms with Crippen LogP contribution in [0.25, 0.3) is 0 Å². The van der Waals surface area contributed by atoms with Crippen LogP contribution in [0, 0.1) is 35.5 Å². The number of rotatable bonds is 14. The summed E-state index contributed by atoms with van der Waals surface area (Å²) in [5.41, 5.74) is 6.66. The second-order valence-corrected chi connectivity index (χ2v) is 11.4. The third kappa shape index (κ3) is 11.0. The highest BCUT2D eigenvalue weighted by atomic mass is 16.6. The number of carbonyl (C=O) groups is 4. The van der Waals surface area contributed by atoms with Gasteiger partial charge < -0.3 is 24.7 Å². The number of esters is 4. The quantitative estimate of drug-likeness (QED) is 0.259. The van der Waals surface area contributed by atoms with Gasteiger partial charge in [-0.15, -0.1) is 0 Å². The minimum absolute atomic E-state index is 0.0473. The topological polar surface area (TPSA) is 131 Å². The lowest BCUT2D eigenvalue weighted by Crippen LogP contribution is -2.36. The first-order valence-corrected chi connectivity index (χ1v) is 13.7. The van der Waals surface area contributed by atoms with E-state index in [1.165, 1.54) is 6.07 Å². The minimum Gasteiger partial charge on any atom is -0.461 e. The van der Waals surface area contributed by atoms with Gasteiger partial charge >= 0.3 is 23.9 Å². The Labute approximate surface area is 233 Å². The monoisotopic (exact) mass is 549 g/mol. The van der Waals surface area contributed by atoms with Gasteiger partial charge in [0.1, 0.15) is 18.8 Å². The maximum atomic E-state index is 12.7. The molecular formula is C30H47NO8. The molecule has 2 N–H and O–H groups in total. The number of hydrogen-bond donors (Lipinski definition) is 1. The van der Waals surface area contributed by atoms with E-state index in [9.17, 15) is 19.2 Å². The molecule has 9 heteroatoms. The van der Waals surface area contributed by atoms with Crippen molar-refractivity contribution in [3.05, 3.63) is 23.8 Å². The number of ether oxygens (including phenoxy) is 4. The van der Waals surface area contributed by atoms with Crippen molar-refractivity contribution in [2.75, 3.05) is 6.61 Å². The largest absolute Gasteiger partial charge is 0.461 e. The van der Waals surface area contributed by atoms with Crippen molar-refractivity contribution in [3.63, 3.8) is 0 Å². The normalized spacial score (nSPS) is 15.3. The molecule has 39 heavy (non-hydrogen) atoms. The van der Waals surface area contributed by atoms with Crippen LogP contribution in [0.3, 0.4) is 0 Å². The molecule has 220 valence electrons. The van der Waals surface area contributed by atoms with Crippen LogP contribution in [0.4, 0.5) is 0 Å². The first-order chi connectivity index (χ1) is 18.0. The van der Waals surface area contributed by atoms with E-state index in [4.69, 9.17) is 24.7 Å². The average molecular weight is 550 g/mol. The van der Waals surface area contributed by atoms with Gasteiger partial charge in [-0.1, -0.05) is 68.4 Å². The van der Waals surface area contributed by atoms with Gasteiger partial charge in [-0.05, 0) is 48.8 Å². The molecule has 0 aromatic heterocycles. The van der Waals surface area contributed by atoms with Crippen molar-refractivity contribution in [1.29, 1.82) is 0 Å². The number of hydrogen-bond acceptors (Lipinski definition) is 9. The zero-order valence-corrected chi connectivity index (χ0v) is 25.1. The van der Waals surface area contributed by atoms with Crippen LogP contribution >= 0.6 is 0 Å². The third-order valence-corrected chi connectivity index (χ3v) is 7.08. The molecule has 1 rings (SSSR count). The Bertz CT molecular complexity index is 987. The van der Waals surface area contributed by atoms with Gasteiger partial charge in [-0.25, -0.2) is 0 Å². The molecular weight excluding hydrogens is 502 g/mol. The summed E-state index contributed by atoms with van der Waals surface area (Å²) < 4.78 is 21.8. The highest BCUT2D eigenvalue weighted by Crippen LogP contribution is 2.31. The molecule has 0 radical (unpaired) electrons. The molecule has 0 spiro atoms. The lowest BCUT2D eigenvalue weighted by molar-refractivity contribution is -0.162. The smallest absolute Gasteiger partial charge is 0.323 e. The van der Waals surface area contributed by atoms with E-state index in [2.05, 4.69) is 0 Å². The second-order valence-electron chi connectivity index (χ2n) is 11.4. The molecule has 0 aliphatic rings. The molecule has 1 aromatic rings. The highest BCUT2D eigenvalue weighted by Gasteiger charge is 2.26. The Morgan fingerprint density at radius 2 is 1.13 bits per heavy atom. The number of nitrogens with two attached hydrogens (primary N) is 1. The summed E-state index contributed by atoms with van der Waals surface area (Å²) >= 11 is 0. The van der Waals surface area contributed by atoms with E-state index in [1.807, 2.05) is 41.5 Å². The molecule has 9 nitrogen and oxygen atoms in total. The zero-order valence-electron chi connectivity index (χ0n) is 25.1. The minimum atomic E-state index is -1.02. The fraction of sp³-hybridized carbons (Fsp3) is 0.667. The van der Waals surface area contributed by atoms with Crippen LogP contribution in [-0.4, -0.2) is 42.6 Å². The number of benzene rings is 1. The van der Waals surface area contributed by atoms with Crippen LogP contribution in [0.5, 0.6) is 11.5 Å². The first kappa shape index (κ1) is 34.1. The molecule has 5 atom stereocenters. The first-order valence-electron chi connectivity index (χ1n) is 13.7. The second kappa shape index (κ2) is 15.6. The molecule has 0 aliphatic heterocycles. The van der Waals surface area contributed by atoms with Crippen LogP contribution in [-0.2, 0) is 35.1 Å². The fourth-order valence-corrected chi connectivity index (χ4v) is 3.05. The summed E-state index contributed by atoms with van der Waals surface area (Å²) in [7, 11) is 0. The third-order valence-electron chi connectivity index (χ3n) is 7.08. The highest BCUT2D eigenvalue weighted by molar-refractivity contribution is 5.79. The van der Waals surface area contributed by atoms with E-state index in [1.54, 1.807) is 39.8 Å². The molecule has 0 bridgehead atoms. The van der Waals surface area contributed by atoms with Crippen LogP contribution in [0.15, 0.2) is 18.2 Å². The van der Waals surface area contributed by atoms with Gasteiger partial charge in [-0.3, -0.25) is 19.2 Å². The molecule has 0 heterocycles. The average Bonchev–Trinajstić information content (AvgIpc) is 2.86. The summed E-state index contributed by atoms with van der Waals surface area (Å²) in [5, 5.41) is 0. The number of carbonyl (C=O) groups excluding carboxylic acids is 4. The van der Waals surface area contributed by atoms with Crippen molar-refractivity contribution >= 4 is 23.9 Å². The van der Waals surface area contributed by atoms with Crippen molar-refractivity contribution in [2.45, 2.75) is 87.8 Å². The molecule has 3 unspecified atom stereocenters. The zero-order chi connectivity index (χ0) is 30.0. The van der Waals surface area contributed by atoms with Gasteiger partial charge in [0.2, 0.25) is 0 Å². The maximum Gasteiger partial charge on any atom is 0.323 e. The maximum absolute atomic E-state index is 12.7. The van der Waals surface area contributed by atoms with Crippen molar-refractivity contribution in [3.8, 4) is 11.5 Å². The Morgan fingerprint density at radius 1 is 0.667 bits per heavy atom. The van der Waals surface area contributed by atoms with E-state index in [0.29, 0.717) is 5.56 Å². The summed E-state index contributed by atoms with van der Waals surface area (Å²) in [5.74, 6) is -2.50. The van der Waals surface area contributed by atoms with Gasteiger partial charge in [0, 0.05) is 0 Å². The Hall–Kier alpha value is -2.94. The molecule has 0 saturated heterocycles. The van der Waals surface area contributed by atoms with E-state index in [0.717, 1.165) is 0 Å². The molecule has 0 amide bonds. The summed E-state index contributed by atoms with van der Waals surface area (Å²) in [6, 6.07) is 3.70. The lowest BCUT2D eigenvalue weighted by atomic mass is 9.98. The van der Waals surface area contributed by atoms with Crippen molar-refractivity contribution in [1.82, 2.24) is 0 Å². The van der Waals surface area contributed by atoms with Crippen molar-refractivity contribution in [2.24, 2.45) is 41.2 Å². The molecule has 0 aliphatic carbocycles. The van der Waals surface area contributed by atoms with Gasteiger partial charge in [0.25, 0.3) is 0 Å². The Balaban J connectivity index is 2.96. The molecule has 0 saturated carbocycles. The van der Waals surface area contributed by atoms with Crippen LogP contribution < -0.4 is 15.2 Å². The Kier molecular flexibility index (Phi) is 13.6. The molecule has 0 fully saturated rings. The van der Waals surface area contributed by atoms with Crippen LogP contribution in [0.2, 0.25) is 0 Å². The summed E-state index contributed by atoms with van der Waals surface area (Å²) in [6.45, 7) is 18.3. The van der Waals surface area contributed by atoms with E-state index < -0.39 is 30.1 Å². The predicted octanol–water partition coefficient (Wildman–Crippen LogP) is 4.72. The molecule has 1 aromatic carbocycles. The van der Waals surface area contributed by atoms with Crippen LogP contribution in [0.1, 0.15) is 74.8 Å². The fourth-order valence-electron chi connectivity index (χ4n) is 3.05. The standard InChI is InChI=1S/C30H47NO8/c1-16(2)20(8)27(32)37-19(7)15-36-30(35)24(31)13-23-11-12-25(38-28(33)21(9)17(3)4)26(14-23)39-29(34)22(10)18(5)6/h11-12,14,16-22,24H,13,15,31H2,1-10H3/t19-,20?,21?,22?,24-/m0/s1. The van der Waals surface area contributed by atoms with E-state index >= 15 is 0 Å². The summed E-state index contributed by atoms with van der Waals surface area (Å²) in [6.07, 6.45) is -0.538. The van der Waals surface area contributed by atoms with Gasteiger partial charge in [0.05, 0.1) is 17.8 Å². The lowest BCUT2D eigenvalue weighted by Gasteiger charge is -2.20. The Morgan fingerprint density at radius 3 is 1.62 bits per heavy atom. The summed E-state index contributed by atoms with van der Waals surface area (Å²) in [4.78, 5) is 49.9. The van der Waals surface area contributed by atoms with Crippen molar-refractivity contribution < 1.29 is 38.1 Å².